The van der Waals surface area contributed by atoms with E-state index in [9.17, 15) is 14.4 Å². The topological polar surface area (TPSA) is 96.9 Å². The second-order valence-electron chi connectivity index (χ2n) is 7.44. The van der Waals surface area contributed by atoms with Crippen LogP contribution in [0.3, 0.4) is 0 Å². The predicted molar refractivity (Wildman–Crippen MR) is 119 cm³/mol. The summed E-state index contributed by atoms with van der Waals surface area (Å²) in [7, 11) is 0. The first kappa shape index (κ1) is 20.3. The molecule has 2 aromatic carbocycles. The second kappa shape index (κ2) is 8.79. The zero-order chi connectivity index (χ0) is 21.8. The average Bonchev–Trinajstić information content (AvgIpc) is 2.81. The van der Waals surface area contributed by atoms with Gasteiger partial charge in [0.15, 0.2) is 5.65 Å². The summed E-state index contributed by atoms with van der Waals surface area (Å²) in [5, 5.41) is 2.96. The molecule has 7 heteroatoms. The summed E-state index contributed by atoms with van der Waals surface area (Å²) >= 11 is 0. The normalized spacial score (nSPS) is 11.9. The minimum Gasteiger partial charge on any atom is -0.351 e. The molecule has 0 aliphatic carbocycles. The third-order valence-electron chi connectivity index (χ3n) is 5.22. The molecule has 2 heterocycles. The molecular weight excluding hydrogens is 392 g/mol. The lowest BCUT2D eigenvalue weighted by Crippen LogP contribution is -2.37. The van der Waals surface area contributed by atoms with Gasteiger partial charge >= 0.3 is 11.1 Å². The lowest BCUT2D eigenvalue weighted by Gasteiger charge is -2.13. The summed E-state index contributed by atoms with van der Waals surface area (Å²) in [6.45, 7) is 2.78. The van der Waals surface area contributed by atoms with Crippen LogP contribution in [-0.4, -0.2) is 27.0 Å². The molecule has 31 heavy (non-hydrogen) atoms. The number of nitrogens with zero attached hydrogens (tertiary/aromatic N) is 2. The highest BCUT2D eigenvalue weighted by molar-refractivity contribution is 5.94. The van der Waals surface area contributed by atoms with Crippen molar-refractivity contribution in [2.45, 2.75) is 19.4 Å². The molecule has 0 saturated heterocycles. The highest BCUT2D eigenvalue weighted by Gasteiger charge is 2.11. The van der Waals surface area contributed by atoms with Crippen molar-refractivity contribution in [3.8, 4) is 0 Å². The van der Waals surface area contributed by atoms with Crippen LogP contribution in [0.5, 0.6) is 0 Å². The Morgan fingerprint density at radius 2 is 1.77 bits per heavy atom. The Morgan fingerprint density at radius 1 is 1.03 bits per heavy atom. The number of amides is 1. The highest BCUT2D eigenvalue weighted by atomic mass is 16.2. The summed E-state index contributed by atoms with van der Waals surface area (Å²) in [5.41, 5.74) is 2.03. The zero-order valence-corrected chi connectivity index (χ0v) is 17.0. The van der Waals surface area contributed by atoms with Crippen LogP contribution in [0.2, 0.25) is 0 Å². The number of H-pyrrole nitrogens is 1. The number of hydrogen-bond acceptors (Lipinski definition) is 4. The first-order valence-electron chi connectivity index (χ1n) is 10.0. The quantitative estimate of drug-likeness (QED) is 0.474. The Hall–Kier alpha value is -4.00. The second-order valence-corrected chi connectivity index (χ2v) is 7.44. The van der Waals surface area contributed by atoms with Gasteiger partial charge in [-0.05, 0) is 41.3 Å². The smallest absolute Gasteiger partial charge is 0.318 e. The van der Waals surface area contributed by atoms with E-state index in [0.29, 0.717) is 23.3 Å². The van der Waals surface area contributed by atoms with Gasteiger partial charge in [-0.25, -0.2) is 4.98 Å². The summed E-state index contributed by atoms with van der Waals surface area (Å²) in [5.74, 6) is 0.0445. The summed E-state index contributed by atoms with van der Waals surface area (Å²) < 4.78 is 1.34. The molecule has 0 spiro atoms. The number of pyridine rings is 1. The number of carbonyl (C=O) groups excluding carboxylic acids is 1. The molecule has 0 aliphatic heterocycles. The van der Waals surface area contributed by atoms with Crippen molar-refractivity contribution in [1.29, 1.82) is 0 Å². The molecule has 2 N–H and O–H groups in total. The third-order valence-corrected chi connectivity index (χ3v) is 5.22. The fourth-order valence-electron chi connectivity index (χ4n) is 3.44. The van der Waals surface area contributed by atoms with Crippen LogP contribution in [0.15, 0.2) is 82.5 Å². The average molecular weight is 414 g/mol. The number of rotatable bonds is 6. The first-order valence-corrected chi connectivity index (χ1v) is 10.0. The molecule has 0 bridgehead atoms. The number of carbonyl (C=O) groups is 1. The molecule has 0 aliphatic rings. The van der Waals surface area contributed by atoms with Crippen molar-refractivity contribution >= 4 is 17.1 Å². The van der Waals surface area contributed by atoms with Gasteiger partial charge < -0.3 is 10.3 Å². The van der Waals surface area contributed by atoms with Crippen molar-refractivity contribution in [3.63, 3.8) is 0 Å². The number of hydrogen-bond donors (Lipinski definition) is 2. The molecular formula is C24H22N4O3. The Bertz CT molecular complexity index is 1330. The van der Waals surface area contributed by atoms with Crippen LogP contribution in [0.4, 0.5) is 0 Å². The van der Waals surface area contributed by atoms with Crippen molar-refractivity contribution in [2.24, 2.45) is 0 Å². The first-order chi connectivity index (χ1) is 15.0. The van der Waals surface area contributed by atoms with Crippen LogP contribution in [0, 0.1) is 0 Å². The lowest BCUT2D eigenvalue weighted by molar-refractivity contribution is 0.0951. The van der Waals surface area contributed by atoms with Gasteiger partial charge in [0.1, 0.15) is 0 Å². The summed E-state index contributed by atoms with van der Waals surface area (Å²) in [6, 6.07) is 20.4. The minimum atomic E-state index is -0.691. The van der Waals surface area contributed by atoms with Gasteiger partial charge in [-0.1, -0.05) is 49.4 Å². The molecule has 0 saturated carbocycles. The van der Waals surface area contributed by atoms with E-state index < -0.39 is 11.1 Å². The van der Waals surface area contributed by atoms with E-state index in [-0.39, 0.29) is 18.4 Å². The molecule has 2 aromatic heterocycles. The Labute approximate surface area is 178 Å². The van der Waals surface area contributed by atoms with E-state index in [1.807, 2.05) is 30.3 Å². The fraction of sp³-hybridized carbons (Fsp3) is 0.167. The van der Waals surface area contributed by atoms with E-state index in [1.165, 1.54) is 10.1 Å². The molecule has 4 rings (SSSR count). The summed E-state index contributed by atoms with van der Waals surface area (Å²) in [4.78, 5) is 43.6. The van der Waals surface area contributed by atoms with E-state index >= 15 is 0 Å². The minimum absolute atomic E-state index is 0.158. The van der Waals surface area contributed by atoms with E-state index in [4.69, 9.17) is 0 Å². The highest BCUT2D eigenvalue weighted by Crippen LogP contribution is 2.14. The van der Waals surface area contributed by atoms with Gasteiger partial charge in [0, 0.05) is 18.3 Å². The van der Waals surface area contributed by atoms with Crippen molar-refractivity contribution in [1.82, 2.24) is 19.9 Å². The van der Waals surface area contributed by atoms with E-state index in [1.54, 1.807) is 42.6 Å². The van der Waals surface area contributed by atoms with Gasteiger partial charge in [0.25, 0.3) is 5.91 Å². The summed E-state index contributed by atoms with van der Waals surface area (Å²) in [6.07, 6.45) is 1.57. The van der Waals surface area contributed by atoms with Gasteiger partial charge in [-0.3, -0.25) is 19.0 Å². The number of fused-ring (bicyclic) bond motifs is 1. The molecule has 1 amide bonds. The van der Waals surface area contributed by atoms with Crippen LogP contribution < -0.4 is 16.4 Å². The third kappa shape index (κ3) is 4.45. The monoisotopic (exact) mass is 414 g/mol. The number of benzene rings is 2. The van der Waals surface area contributed by atoms with Gasteiger partial charge in [-0.2, -0.15) is 0 Å². The molecule has 156 valence electrons. The largest absolute Gasteiger partial charge is 0.351 e. The van der Waals surface area contributed by atoms with Gasteiger partial charge in [-0.15, -0.1) is 0 Å². The molecule has 7 nitrogen and oxygen atoms in total. The molecule has 0 fully saturated rings. The Morgan fingerprint density at radius 3 is 2.52 bits per heavy atom. The van der Waals surface area contributed by atoms with Crippen LogP contribution in [0.1, 0.15) is 34.3 Å². The van der Waals surface area contributed by atoms with Crippen LogP contribution in [0.25, 0.3) is 11.2 Å². The Kier molecular flexibility index (Phi) is 5.75. The molecule has 0 radical (unpaired) electrons. The predicted octanol–water partition coefficient (Wildman–Crippen LogP) is 2.67. The van der Waals surface area contributed by atoms with Gasteiger partial charge in [0.05, 0.1) is 12.1 Å². The van der Waals surface area contributed by atoms with Crippen LogP contribution >= 0.6 is 0 Å². The van der Waals surface area contributed by atoms with Crippen molar-refractivity contribution in [2.75, 3.05) is 6.54 Å². The SMILES string of the molecule is C[C@H](CNC(=O)c1ccc(Cn2c(=O)c(=O)[nH]c3cccnc32)cc1)c1ccccc1. The standard InChI is InChI=1S/C24H22N4O3/c1-16(18-6-3-2-4-7-18)14-26-22(29)19-11-9-17(10-12-19)15-28-21-20(8-5-13-25-21)27-23(30)24(28)31/h2-13,16H,14-15H2,1H3,(H,26,29)(H,27,30)/t16-/m1/s1. The molecule has 4 aromatic rings. The molecule has 1 atom stereocenters. The van der Waals surface area contributed by atoms with Gasteiger partial charge in [0.2, 0.25) is 0 Å². The number of aromatic amines is 1. The maximum absolute atomic E-state index is 12.5. The molecule has 0 unspecified atom stereocenters. The number of nitrogens with one attached hydrogen (secondary N) is 2. The van der Waals surface area contributed by atoms with E-state index in [0.717, 1.165) is 5.56 Å². The van der Waals surface area contributed by atoms with Crippen molar-refractivity contribution in [3.05, 3.63) is 110 Å². The van der Waals surface area contributed by atoms with E-state index in [2.05, 4.69) is 22.2 Å². The maximum Gasteiger partial charge on any atom is 0.318 e. The lowest BCUT2D eigenvalue weighted by atomic mass is 10.0. The van der Waals surface area contributed by atoms with Crippen LogP contribution in [-0.2, 0) is 6.54 Å². The fourth-order valence-corrected chi connectivity index (χ4v) is 3.44. The Balaban J connectivity index is 1.47. The number of aromatic nitrogens is 3. The maximum atomic E-state index is 12.5. The zero-order valence-electron chi connectivity index (χ0n) is 17.0. The van der Waals surface area contributed by atoms with Crippen molar-refractivity contribution < 1.29 is 4.79 Å².